The number of primary amides is 1. The fourth-order valence-corrected chi connectivity index (χ4v) is 3.69. The Bertz CT molecular complexity index is 1120. The Kier molecular flexibility index (Phi) is 5.07. The van der Waals surface area contributed by atoms with Crippen molar-refractivity contribution >= 4 is 22.8 Å². The smallest absolute Gasteiger partial charge is 0.256 e. The average molecular weight is 409 g/mol. The number of nitrogens with zero attached hydrogens (tertiary/aromatic N) is 1. The van der Waals surface area contributed by atoms with E-state index in [1.165, 1.54) is 0 Å². The molecule has 0 radical (unpaired) electrons. The number of hydrogen-bond acceptors (Lipinski definition) is 6. The van der Waals surface area contributed by atoms with Gasteiger partial charge >= 0.3 is 0 Å². The minimum absolute atomic E-state index is 0.256. The van der Waals surface area contributed by atoms with Gasteiger partial charge in [0, 0.05) is 11.6 Å². The number of furan rings is 1. The molecule has 0 atom stereocenters. The molecule has 1 aliphatic rings. The number of ether oxygens (including phenoxy) is 2. The number of aryl methyl sites for hydroxylation is 1. The standard InChI is InChI=1S/C22H23N3O5/c1-13-18(19(26)25-22(21(23)27)8-4-9-22)16-11-15(6-7-17(16)30-13)29-12-14-5-3-10-24-20(14)28-2/h3,5-7,10-11H,4,8-9,12H2,1-2H3,(H2,23,27)(H,25,26). The number of carbonyl (C=O) groups is 2. The van der Waals surface area contributed by atoms with E-state index in [0.717, 1.165) is 12.0 Å². The van der Waals surface area contributed by atoms with Crippen LogP contribution >= 0.6 is 0 Å². The molecular weight excluding hydrogens is 386 g/mol. The van der Waals surface area contributed by atoms with Gasteiger partial charge in [-0.15, -0.1) is 0 Å². The van der Waals surface area contributed by atoms with Crippen LogP contribution in [0.1, 0.15) is 40.9 Å². The van der Waals surface area contributed by atoms with Gasteiger partial charge < -0.3 is 24.9 Å². The van der Waals surface area contributed by atoms with Crippen LogP contribution in [-0.2, 0) is 11.4 Å². The van der Waals surface area contributed by atoms with Crippen LogP contribution < -0.4 is 20.5 Å². The summed E-state index contributed by atoms with van der Waals surface area (Å²) >= 11 is 0. The summed E-state index contributed by atoms with van der Waals surface area (Å²) in [6.07, 6.45) is 3.59. The largest absolute Gasteiger partial charge is 0.489 e. The van der Waals surface area contributed by atoms with Gasteiger partial charge in [0.05, 0.1) is 18.2 Å². The van der Waals surface area contributed by atoms with E-state index in [-0.39, 0.29) is 12.5 Å². The van der Waals surface area contributed by atoms with Crippen LogP contribution in [0.5, 0.6) is 11.6 Å². The second-order valence-electron chi connectivity index (χ2n) is 7.41. The highest BCUT2D eigenvalue weighted by molar-refractivity contribution is 6.09. The first-order valence-corrected chi connectivity index (χ1v) is 9.70. The van der Waals surface area contributed by atoms with Gasteiger partial charge in [0.2, 0.25) is 11.8 Å². The molecule has 1 fully saturated rings. The second-order valence-corrected chi connectivity index (χ2v) is 7.41. The number of benzene rings is 1. The predicted molar refractivity (Wildman–Crippen MR) is 109 cm³/mol. The van der Waals surface area contributed by atoms with Crippen molar-refractivity contribution in [2.45, 2.75) is 38.3 Å². The van der Waals surface area contributed by atoms with E-state index in [9.17, 15) is 9.59 Å². The van der Waals surface area contributed by atoms with Gasteiger partial charge in [0.25, 0.3) is 5.91 Å². The maximum atomic E-state index is 13.0. The molecule has 2 heterocycles. The number of fused-ring (bicyclic) bond motifs is 1. The zero-order valence-electron chi connectivity index (χ0n) is 16.9. The quantitative estimate of drug-likeness (QED) is 0.620. The summed E-state index contributed by atoms with van der Waals surface area (Å²) in [4.78, 5) is 29.0. The first kappa shape index (κ1) is 19.8. The number of amides is 2. The molecule has 30 heavy (non-hydrogen) atoms. The molecule has 2 aromatic heterocycles. The van der Waals surface area contributed by atoms with Gasteiger partial charge in [-0.3, -0.25) is 9.59 Å². The van der Waals surface area contributed by atoms with Gasteiger partial charge in [-0.25, -0.2) is 4.98 Å². The minimum atomic E-state index is -0.974. The summed E-state index contributed by atoms with van der Waals surface area (Å²) in [7, 11) is 1.55. The second kappa shape index (κ2) is 7.70. The van der Waals surface area contributed by atoms with E-state index in [4.69, 9.17) is 19.6 Å². The van der Waals surface area contributed by atoms with E-state index in [1.807, 2.05) is 6.07 Å². The average Bonchev–Trinajstić information content (AvgIpc) is 3.04. The highest BCUT2D eigenvalue weighted by Gasteiger charge is 2.44. The molecular formula is C22H23N3O5. The Morgan fingerprint density at radius 3 is 2.77 bits per heavy atom. The van der Waals surface area contributed by atoms with E-state index < -0.39 is 11.4 Å². The maximum Gasteiger partial charge on any atom is 0.256 e. The van der Waals surface area contributed by atoms with Gasteiger partial charge in [-0.05, 0) is 56.5 Å². The summed E-state index contributed by atoms with van der Waals surface area (Å²) < 4.78 is 16.9. The van der Waals surface area contributed by atoms with Gasteiger partial charge in [-0.2, -0.15) is 0 Å². The number of rotatable bonds is 7. The fraction of sp³-hybridized carbons (Fsp3) is 0.318. The number of nitrogens with two attached hydrogens (primary N) is 1. The van der Waals surface area contributed by atoms with Crippen molar-refractivity contribution in [2.75, 3.05) is 7.11 Å². The van der Waals surface area contributed by atoms with Crippen LogP contribution in [0.4, 0.5) is 0 Å². The van der Waals surface area contributed by atoms with Crippen molar-refractivity contribution in [3.8, 4) is 11.6 Å². The molecule has 1 aliphatic carbocycles. The van der Waals surface area contributed by atoms with Crippen molar-refractivity contribution in [3.63, 3.8) is 0 Å². The summed E-state index contributed by atoms with van der Waals surface area (Å²) in [5, 5.41) is 3.43. The molecule has 3 aromatic rings. The molecule has 0 saturated heterocycles. The van der Waals surface area contributed by atoms with Crippen molar-refractivity contribution in [1.82, 2.24) is 10.3 Å². The molecule has 1 aromatic carbocycles. The van der Waals surface area contributed by atoms with Crippen molar-refractivity contribution in [3.05, 3.63) is 53.4 Å². The topological polar surface area (TPSA) is 117 Å². The molecule has 4 rings (SSSR count). The summed E-state index contributed by atoms with van der Waals surface area (Å²) in [6, 6.07) is 8.95. The van der Waals surface area contributed by atoms with E-state index in [0.29, 0.717) is 46.8 Å². The van der Waals surface area contributed by atoms with Gasteiger partial charge in [0.1, 0.15) is 29.2 Å². The van der Waals surface area contributed by atoms with Crippen molar-refractivity contribution < 1.29 is 23.5 Å². The summed E-state index contributed by atoms with van der Waals surface area (Å²) in [5.74, 6) is 0.636. The number of nitrogens with one attached hydrogen (secondary N) is 1. The molecule has 0 unspecified atom stereocenters. The predicted octanol–water partition coefficient (Wildman–Crippen LogP) is 2.86. The van der Waals surface area contributed by atoms with Crippen LogP contribution in [0.25, 0.3) is 11.0 Å². The first-order chi connectivity index (χ1) is 14.4. The van der Waals surface area contributed by atoms with E-state index in [2.05, 4.69) is 10.3 Å². The molecule has 3 N–H and O–H groups in total. The molecule has 0 spiro atoms. The number of pyridine rings is 1. The third kappa shape index (κ3) is 3.45. The lowest BCUT2D eigenvalue weighted by atomic mass is 9.76. The van der Waals surface area contributed by atoms with Crippen molar-refractivity contribution in [2.24, 2.45) is 5.73 Å². The van der Waals surface area contributed by atoms with Crippen LogP contribution in [0, 0.1) is 6.92 Å². The Morgan fingerprint density at radius 2 is 2.10 bits per heavy atom. The highest BCUT2D eigenvalue weighted by Crippen LogP contribution is 2.34. The Morgan fingerprint density at radius 1 is 1.30 bits per heavy atom. The number of methoxy groups -OCH3 is 1. The van der Waals surface area contributed by atoms with E-state index in [1.54, 1.807) is 44.5 Å². The number of aromatic nitrogens is 1. The van der Waals surface area contributed by atoms with Crippen LogP contribution in [0.3, 0.4) is 0 Å². The summed E-state index contributed by atoms with van der Waals surface area (Å²) in [6.45, 7) is 1.97. The molecule has 1 saturated carbocycles. The number of carbonyl (C=O) groups excluding carboxylic acids is 2. The SMILES string of the molecule is COc1ncccc1COc1ccc2oc(C)c(C(=O)NC3(C(N)=O)CCC3)c2c1. The molecule has 156 valence electrons. The number of hydrogen-bond donors (Lipinski definition) is 2. The molecule has 2 amide bonds. The molecule has 8 nitrogen and oxygen atoms in total. The van der Waals surface area contributed by atoms with E-state index >= 15 is 0 Å². The Labute approximate surface area is 173 Å². The molecule has 8 heteroatoms. The summed E-state index contributed by atoms with van der Waals surface area (Å²) in [5.41, 5.74) is 6.28. The Hall–Kier alpha value is -3.55. The van der Waals surface area contributed by atoms with Gasteiger partial charge in [-0.1, -0.05) is 0 Å². The molecule has 0 aliphatic heterocycles. The third-order valence-corrected chi connectivity index (χ3v) is 5.53. The molecule has 0 bridgehead atoms. The monoisotopic (exact) mass is 409 g/mol. The van der Waals surface area contributed by atoms with Gasteiger partial charge in [0.15, 0.2) is 0 Å². The fourth-order valence-electron chi connectivity index (χ4n) is 3.69. The lowest BCUT2D eigenvalue weighted by Gasteiger charge is -2.39. The zero-order valence-corrected chi connectivity index (χ0v) is 16.9. The lowest BCUT2D eigenvalue weighted by molar-refractivity contribution is -0.127. The van der Waals surface area contributed by atoms with Crippen LogP contribution in [0.15, 0.2) is 40.9 Å². The Balaban J connectivity index is 1.59. The normalized spacial score (nSPS) is 14.7. The van der Waals surface area contributed by atoms with Crippen molar-refractivity contribution in [1.29, 1.82) is 0 Å². The van der Waals surface area contributed by atoms with Crippen LogP contribution in [-0.4, -0.2) is 29.4 Å². The zero-order chi connectivity index (χ0) is 21.3. The maximum absolute atomic E-state index is 13.0. The lowest BCUT2D eigenvalue weighted by Crippen LogP contribution is -2.61. The first-order valence-electron chi connectivity index (χ1n) is 9.70. The minimum Gasteiger partial charge on any atom is -0.489 e. The van der Waals surface area contributed by atoms with Crippen LogP contribution in [0.2, 0.25) is 0 Å². The third-order valence-electron chi connectivity index (χ3n) is 5.53. The highest BCUT2D eigenvalue weighted by atomic mass is 16.5.